The molecule has 8 nitrogen and oxygen atoms in total. The fraction of sp³-hybridized carbons (Fsp3) is 0.200. The van der Waals surface area contributed by atoms with Crippen molar-refractivity contribution in [2.75, 3.05) is 0 Å². The molecule has 0 spiro atoms. The van der Waals surface area contributed by atoms with Crippen molar-refractivity contribution in [3.63, 3.8) is 0 Å². The maximum absolute atomic E-state index is 12.3. The number of nitro groups is 1. The molecular formula is C15H13N3O5. The number of carbonyl (C=O) groups excluding carboxylic acids is 2. The van der Waals surface area contributed by atoms with Gasteiger partial charge in [0.05, 0.1) is 10.5 Å². The Morgan fingerprint density at radius 1 is 1.39 bits per heavy atom. The average Bonchev–Trinajstić information content (AvgIpc) is 2.55. The highest BCUT2D eigenvalue weighted by atomic mass is 16.6. The summed E-state index contributed by atoms with van der Waals surface area (Å²) in [6, 6.07) is 5.49. The molecule has 1 aliphatic carbocycles. The molecule has 0 saturated heterocycles. The molecule has 0 heterocycles. The van der Waals surface area contributed by atoms with Crippen molar-refractivity contribution >= 4 is 17.7 Å². The summed E-state index contributed by atoms with van der Waals surface area (Å²) in [5.41, 5.74) is 4.06. The molecule has 0 bridgehead atoms. The van der Waals surface area contributed by atoms with E-state index in [0.29, 0.717) is 0 Å². The number of carbonyl (C=O) groups is 1. The second kappa shape index (κ2) is 6.78. The quantitative estimate of drug-likeness (QED) is 0.217. The lowest BCUT2D eigenvalue weighted by molar-refractivity contribution is -0.385. The summed E-state index contributed by atoms with van der Waals surface area (Å²) in [6.45, 7) is -0.320. The lowest BCUT2D eigenvalue weighted by atomic mass is 9.93. The van der Waals surface area contributed by atoms with Gasteiger partial charge in [0.25, 0.3) is 5.69 Å². The summed E-state index contributed by atoms with van der Waals surface area (Å²) in [5.74, 6) is -0.849. The maximum atomic E-state index is 12.3. The van der Waals surface area contributed by atoms with Crippen LogP contribution in [0.2, 0.25) is 0 Å². The van der Waals surface area contributed by atoms with E-state index in [1.165, 1.54) is 48.6 Å². The van der Waals surface area contributed by atoms with Gasteiger partial charge in [-0.1, -0.05) is 24.3 Å². The van der Waals surface area contributed by atoms with Gasteiger partial charge in [0.1, 0.15) is 6.61 Å². The molecule has 0 fully saturated rings. The third-order valence-corrected chi connectivity index (χ3v) is 3.25. The Morgan fingerprint density at radius 2 is 2.04 bits per heavy atom. The largest absolute Gasteiger partial charge is 0.458 e. The van der Waals surface area contributed by atoms with Crippen LogP contribution in [0.1, 0.15) is 5.56 Å². The third-order valence-electron chi connectivity index (χ3n) is 3.25. The molecule has 118 valence electrons. The molecule has 0 aliphatic heterocycles. The van der Waals surface area contributed by atoms with Crippen LogP contribution in [0, 0.1) is 10.1 Å². The van der Waals surface area contributed by atoms with Crippen LogP contribution >= 0.6 is 0 Å². The maximum Gasteiger partial charge on any atom is 0.343 e. The van der Waals surface area contributed by atoms with Crippen LogP contribution in [-0.4, -0.2) is 28.6 Å². The molecule has 1 aromatic rings. The van der Waals surface area contributed by atoms with E-state index in [4.69, 9.17) is 10.5 Å². The molecule has 0 amide bonds. The summed E-state index contributed by atoms with van der Waals surface area (Å²) in [7, 11) is 0. The van der Waals surface area contributed by atoms with E-state index in [1.54, 1.807) is 6.07 Å². The molecule has 0 atom stereocenters. The number of aliphatic imine (C=N–C) groups is 1. The second-order valence-corrected chi connectivity index (χ2v) is 4.79. The molecule has 23 heavy (non-hydrogen) atoms. The number of benzene rings is 1. The van der Waals surface area contributed by atoms with E-state index in [1.807, 2.05) is 0 Å². The minimum Gasteiger partial charge on any atom is -0.458 e. The Hall–Kier alpha value is -3.09. The first-order chi connectivity index (χ1) is 11.0. The highest BCUT2D eigenvalue weighted by Gasteiger charge is 2.37. The summed E-state index contributed by atoms with van der Waals surface area (Å²) in [4.78, 5) is 36.7. The number of nitrogens with two attached hydrogens (primary N) is 1. The van der Waals surface area contributed by atoms with Crippen LogP contribution in [0.25, 0.3) is 0 Å². The smallest absolute Gasteiger partial charge is 0.343 e. The lowest BCUT2D eigenvalue weighted by Crippen LogP contribution is -2.37. The van der Waals surface area contributed by atoms with Crippen molar-refractivity contribution in [3.8, 4) is 0 Å². The van der Waals surface area contributed by atoms with Crippen molar-refractivity contribution in [2.24, 2.45) is 10.7 Å². The fourth-order valence-corrected chi connectivity index (χ4v) is 2.04. The first kappa shape index (κ1) is 16.3. The molecule has 1 aliphatic rings. The fourth-order valence-electron chi connectivity index (χ4n) is 2.04. The number of isocyanates is 1. The normalized spacial score (nSPS) is 22.2. The topological polar surface area (TPSA) is 125 Å². The van der Waals surface area contributed by atoms with Crippen molar-refractivity contribution < 1.29 is 19.2 Å². The van der Waals surface area contributed by atoms with Crippen LogP contribution in [0.4, 0.5) is 5.69 Å². The van der Waals surface area contributed by atoms with Gasteiger partial charge in [-0.15, -0.1) is 0 Å². The number of hydrogen-bond acceptors (Lipinski definition) is 7. The molecule has 0 radical (unpaired) electrons. The van der Waals surface area contributed by atoms with Crippen molar-refractivity contribution in [1.29, 1.82) is 0 Å². The third kappa shape index (κ3) is 3.57. The SMILES string of the molecule is NC1C=CC(N=C=O)(C(=O)OCc2ccccc2[N+](=O)[O-])C=C1. The van der Waals surface area contributed by atoms with Gasteiger partial charge in [-0.3, -0.25) is 10.1 Å². The number of nitrogens with zero attached hydrogens (tertiary/aromatic N) is 2. The van der Waals surface area contributed by atoms with Gasteiger partial charge in [0.15, 0.2) is 0 Å². The zero-order valence-corrected chi connectivity index (χ0v) is 11.9. The number of para-hydroxylation sites is 1. The minimum atomic E-state index is -1.64. The van der Waals surface area contributed by atoms with E-state index in [2.05, 4.69) is 4.99 Å². The molecule has 0 aromatic heterocycles. The predicted octanol–water partition coefficient (Wildman–Crippen LogP) is 1.17. The van der Waals surface area contributed by atoms with Gasteiger partial charge >= 0.3 is 5.97 Å². The van der Waals surface area contributed by atoms with Crippen LogP contribution in [0.5, 0.6) is 0 Å². The van der Waals surface area contributed by atoms with E-state index in [9.17, 15) is 19.7 Å². The van der Waals surface area contributed by atoms with Gasteiger partial charge in [0, 0.05) is 12.1 Å². The number of rotatable bonds is 5. The van der Waals surface area contributed by atoms with Gasteiger partial charge in [0.2, 0.25) is 11.6 Å². The van der Waals surface area contributed by atoms with Crippen molar-refractivity contribution in [2.45, 2.75) is 18.2 Å². The Bertz CT molecular complexity index is 720. The lowest BCUT2D eigenvalue weighted by Gasteiger charge is -2.22. The molecule has 0 unspecified atom stereocenters. The van der Waals surface area contributed by atoms with Gasteiger partial charge in [-0.25, -0.2) is 9.59 Å². The zero-order valence-electron chi connectivity index (χ0n) is 11.9. The first-order valence-corrected chi connectivity index (χ1v) is 6.61. The standard InChI is InChI=1S/C15H13N3O5/c16-12-5-7-15(8-6-12,17-10-19)14(20)23-9-11-3-1-2-4-13(11)18(21)22/h1-8,12H,9,16H2. The zero-order chi connectivity index (χ0) is 16.9. The van der Waals surface area contributed by atoms with Crippen LogP contribution in [-0.2, 0) is 20.9 Å². The Kier molecular flexibility index (Phi) is 4.80. The molecular weight excluding hydrogens is 302 g/mol. The second-order valence-electron chi connectivity index (χ2n) is 4.79. The van der Waals surface area contributed by atoms with Gasteiger partial charge < -0.3 is 10.5 Å². The summed E-state index contributed by atoms with van der Waals surface area (Å²) < 4.78 is 5.09. The summed E-state index contributed by atoms with van der Waals surface area (Å²) >= 11 is 0. The Labute approximate surface area is 131 Å². The van der Waals surface area contributed by atoms with E-state index in [0.717, 1.165) is 0 Å². The van der Waals surface area contributed by atoms with E-state index in [-0.39, 0.29) is 17.9 Å². The van der Waals surface area contributed by atoms with E-state index < -0.39 is 22.5 Å². The highest BCUT2D eigenvalue weighted by molar-refractivity contribution is 5.88. The summed E-state index contributed by atoms with van der Waals surface area (Å²) in [5, 5.41) is 10.9. The molecule has 0 saturated carbocycles. The first-order valence-electron chi connectivity index (χ1n) is 6.61. The predicted molar refractivity (Wildman–Crippen MR) is 80.0 cm³/mol. The molecule has 8 heteroatoms. The Balaban J connectivity index is 2.19. The van der Waals surface area contributed by atoms with Gasteiger partial charge in [-0.05, 0) is 18.2 Å². The average molecular weight is 315 g/mol. The number of esters is 1. The summed E-state index contributed by atoms with van der Waals surface area (Å²) in [6.07, 6.45) is 6.99. The van der Waals surface area contributed by atoms with Crippen LogP contribution < -0.4 is 5.73 Å². The van der Waals surface area contributed by atoms with Crippen LogP contribution in [0.3, 0.4) is 0 Å². The Morgan fingerprint density at radius 3 is 2.65 bits per heavy atom. The molecule has 2 rings (SSSR count). The molecule has 2 N–H and O–H groups in total. The number of hydrogen-bond donors (Lipinski definition) is 1. The molecule has 1 aromatic carbocycles. The van der Waals surface area contributed by atoms with Crippen molar-refractivity contribution in [3.05, 3.63) is 64.2 Å². The minimum absolute atomic E-state index is 0.162. The number of nitro benzene ring substituents is 1. The van der Waals surface area contributed by atoms with Crippen molar-refractivity contribution in [1.82, 2.24) is 0 Å². The van der Waals surface area contributed by atoms with E-state index >= 15 is 0 Å². The monoisotopic (exact) mass is 315 g/mol. The highest BCUT2D eigenvalue weighted by Crippen LogP contribution is 2.24. The van der Waals surface area contributed by atoms with Crippen LogP contribution in [0.15, 0.2) is 53.6 Å². The number of ether oxygens (including phenoxy) is 1. The van der Waals surface area contributed by atoms with Gasteiger partial charge in [-0.2, -0.15) is 4.99 Å².